The van der Waals surface area contributed by atoms with E-state index >= 15 is 0 Å². The third-order valence-corrected chi connectivity index (χ3v) is 4.96. The molecule has 0 unspecified atom stereocenters. The van der Waals surface area contributed by atoms with Gasteiger partial charge in [0.1, 0.15) is 6.61 Å². The molecule has 1 N–H and O–H groups in total. The molecule has 0 saturated carbocycles. The summed E-state index contributed by atoms with van der Waals surface area (Å²) < 4.78 is 16.9. The zero-order valence-corrected chi connectivity index (χ0v) is 19.3. The number of unbranched alkanes of at least 4 members (excludes halogenated alkanes) is 1. The number of halogens is 3. The number of methoxy groups -OCH3 is 1. The number of rotatable bonds is 13. The van der Waals surface area contributed by atoms with Crippen LogP contribution < -0.4 is 14.8 Å². The molecule has 2 rings (SSSR count). The summed E-state index contributed by atoms with van der Waals surface area (Å²) in [6, 6.07) is 11.4. The molecule has 162 valence electrons. The normalized spacial score (nSPS) is 10.5. The van der Waals surface area contributed by atoms with Crippen LogP contribution in [0.3, 0.4) is 0 Å². The maximum Gasteiger partial charge on any atom is 0.161 e. The minimum absolute atomic E-state index is 0. The van der Waals surface area contributed by atoms with Crippen LogP contribution in [0.2, 0.25) is 10.0 Å². The van der Waals surface area contributed by atoms with Gasteiger partial charge in [-0.05, 0) is 54.8 Å². The molecule has 0 amide bonds. The quantitative estimate of drug-likeness (QED) is 0.355. The van der Waals surface area contributed by atoms with Crippen LogP contribution in [0, 0.1) is 0 Å². The molecule has 0 atom stereocenters. The molecule has 0 spiro atoms. The fourth-order valence-corrected chi connectivity index (χ4v) is 2.93. The monoisotopic (exact) mass is 461 g/mol. The van der Waals surface area contributed by atoms with Crippen molar-refractivity contribution in [2.75, 3.05) is 26.9 Å². The molecular formula is C22H30Cl3NO3. The van der Waals surface area contributed by atoms with Crippen molar-refractivity contribution in [3.63, 3.8) is 0 Å². The summed E-state index contributed by atoms with van der Waals surface area (Å²) >= 11 is 12.0. The maximum absolute atomic E-state index is 6.05. The molecular weight excluding hydrogens is 433 g/mol. The van der Waals surface area contributed by atoms with E-state index in [4.69, 9.17) is 37.4 Å². The molecule has 0 aliphatic carbocycles. The zero-order chi connectivity index (χ0) is 20.2. The first kappa shape index (κ1) is 25.9. The van der Waals surface area contributed by atoms with Crippen molar-refractivity contribution in [1.82, 2.24) is 5.32 Å². The van der Waals surface area contributed by atoms with E-state index in [1.54, 1.807) is 19.2 Å². The highest BCUT2D eigenvalue weighted by Crippen LogP contribution is 2.29. The van der Waals surface area contributed by atoms with Crippen molar-refractivity contribution in [2.45, 2.75) is 39.3 Å². The van der Waals surface area contributed by atoms with Gasteiger partial charge in [0.05, 0.1) is 17.2 Å². The van der Waals surface area contributed by atoms with Crippen LogP contribution in [-0.4, -0.2) is 26.9 Å². The first-order valence-electron chi connectivity index (χ1n) is 9.66. The van der Waals surface area contributed by atoms with E-state index in [9.17, 15) is 0 Å². The van der Waals surface area contributed by atoms with Crippen molar-refractivity contribution in [2.24, 2.45) is 0 Å². The number of hydrogen-bond donors (Lipinski definition) is 1. The Balaban J connectivity index is 0.00000420. The van der Waals surface area contributed by atoms with Gasteiger partial charge < -0.3 is 19.5 Å². The van der Waals surface area contributed by atoms with Gasteiger partial charge in [-0.25, -0.2) is 0 Å². The van der Waals surface area contributed by atoms with Gasteiger partial charge in [0, 0.05) is 19.8 Å². The van der Waals surface area contributed by atoms with E-state index in [1.165, 1.54) is 6.42 Å². The summed E-state index contributed by atoms with van der Waals surface area (Å²) in [6.45, 7) is 5.92. The van der Waals surface area contributed by atoms with Gasteiger partial charge in [0.25, 0.3) is 0 Å². The molecule has 0 bridgehead atoms. The molecule has 0 fully saturated rings. The molecule has 7 heteroatoms. The molecule has 29 heavy (non-hydrogen) atoms. The number of nitrogens with one attached hydrogen (secondary N) is 1. The number of ether oxygens (including phenoxy) is 3. The second kappa shape index (κ2) is 14.8. The van der Waals surface area contributed by atoms with Crippen LogP contribution in [0.15, 0.2) is 36.4 Å². The third kappa shape index (κ3) is 9.45. The topological polar surface area (TPSA) is 39.7 Å². The number of benzene rings is 2. The summed E-state index contributed by atoms with van der Waals surface area (Å²) in [4.78, 5) is 0. The van der Waals surface area contributed by atoms with Crippen molar-refractivity contribution < 1.29 is 14.2 Å². The Bertz CT molecular complexity index is 728. The predicted molar refractivity (Wildman–Crippen MR) is 123 cm³/mol. The van der Waals surface area contributed by atoms with Crippen LogP contribution in [-0.2, 0) is 17.9 Å². The zero-order valence-electron chi connectivity index (χ0n) is 17.0. The fraction of sp³-hybridized carbons (Fsp3) is 0.455. The summed E-state index contributed by atoms with van der Waals surface area (Å²) in [6.07, 6.45) is 3.31. The van der Waals surface area contributed by atoms with Gasteiger partial charge in [-0.1, -0.05) is 48.7 Å². The Hall–Kier alpha value is -1.17. The van der Waals surface area contributed by atoms with Crippen LogP contribution in [0.4, 0.5) is 0 Å². The van der Waals surface area contributed by atoms with Gasteiger partial charge in [-0.3, -0.25) is 0 Å². The van der Waals surface area contributed by atoms with E-state index in [2.05, 4.69) is 12.2 Å². The first-order valence-corrected chi connectivity index (χ1v) is 10.4. The lowest BCUT2D eigenvalue weighted by atomic mass is 10.2. The Labute approximate surface area is 190 Å². The van der Waals surface area contributed by atoms with Crippen molar-refractivity contribution in [3.05, 3.63) is 57.6 Å². The predicted octanol–water partition coefficient (Wildman–Crippen LogP) is 6.30. The Morgan fingerprint density at radius 2 is 1.66 bits per heavy atom. The highest BCUT2D eigenvalue weighted by molar-refractivity contribution is 6.42. The summed E-state index contributed by atoms with van der Waals surface area (Å²) in [5.74, 6) is 1.41. The van der Waals surface area contributed by atoms with Gasteiger partial charge in [-0.2, -0.15) is 0 Å². The maximum atomic E-state index is 6.05. The molecule has 0 saturated heterocycles. The molecule has 0 aliphatic rings. The second-order valence-electron chi connectivity index (χ2n) is 6.52. The Morgan fingerprint density at radius 3 is 2.38 bits per heavy atom. The molecule has 0 heterocycles. The van der Waals surface area contributed by atoms with Crippen LogP contribution >= 0.6 is 35.6 Å². The van der Waals surface area contributed by atoms with E-state index in [-0.39, 0.29) is 12.4 Å². The third-order valence-electron chi connectivity index (χ3n) is 4.22. The fourth-order valence-electron chi connectivity index (χ4n) is 2.61. The van der Waals surface area contributed by atoms with Crippen molar-refractivity contribution in [1.29, 1.82) is 0 Å². The average Bonchev–Trinajstić information content (AvgIpc) is 2.71. The van der Waals surface area contributed by atoms with Crippen molar-refractivity contribution in [3.8, 4) is 11.5 Å². The van der Waals surface area contributed by atoms with E-state index in [0.29, 0.717) is 28.2 Å². The first-order chi connectivity index (χ1) is 13.6. The Morgan fingerprint density at radius 1 is 0.897 bits per heavy atom. The van der Waals surface area contributed by atoms with Crippen LogP contribution in [0.5, 0.6) is 11.5 Å². The highest BCUT2D eigenvalue weighted by atomic mass is 35.5. The largest absolute Gasteiger partial charge is 0.493 e. The standard InChI is InChI=1S/C22H29Cl2NO3.ClH/c1-3-4-11-27-12-5-10-25-15-17-7-9-21(22(14-17)26-2)28-16-18-6-8-19(23)20(24)13-18;/h6-9,13-14,25H,3-5,10-12,15-16H2,1-2H3;1H. The molecule has 4 nitrogen and oxygen atoms in total. The SMILES string of the molecule is CCCCOCCCNCc1ccc(OCc2ccc(Cl)c(Cl)c2)c(OC)c1.Cl. The van der Waals surface area contributed by atoms with Crippen LogP contribution in [0.1, 0.15) is 37.3 Å². The highest BCUT2D eigenvalue weighted by Gasteiger charge is 2.07. The van der Waals surface area contributed by atoms with Gasteiger partial charge in [0.15, 0.2) is 11.5 Å². The summed E-state index contributed by atoms with van der Waals surface area (Å²) in [5.41, 5.74) is 2.09. The second-order valence-corrected chi connectivity index (χ2v) is 7.33. The van der Waals surface area contributed by atoms with E-state index in [0.717, 1.165) is 50.3 Å². The van der Waals surface area contributed by atoms with E-state index < -0.39 is 0 Å². The van der Waals surface area contributed by atoms with E-state index in [1.807, 2.05) is 24.3 Å². The summed E-state index contributed by atoms with van der Waals surface area (Å²) in [7, 11) is 1.65. The minimum atomic E-state index is 0. The smallest absolute Gasteiger partial charge is 0.161 e. The minimum Gasteiger partial charge on any atom is -0.493 e. The molecule has 0 aliphatic heterocycles. The van der Waals surface area contributed by atoms with Gasteiger partial charge in [-0.15, -0.1) is 12.4 Å². The van der Waals surface area contributed by atoms with Gasteiger partial charge >= 0.3 is 0 Å². The number of hydrogen-bond acceptors (Lipinski definition) is 4. The molecule has 2 aromatic rings. The average molecular weight is 463 g/mol. The van der Waals surface area contributed by atoms with Gasteiger partial charge in [0.2, 0.25) is 0 Å². The Kier molecular flexibility index (Phi) is 13.2. The van der Waals surface area contributed by atoms with Crippen molar-refractivity contribution >= 4 is 35.6 Å². The molecule has 0 radical (unpaired) electrons. The molecule has 2 aromatic carbocycles. The summed E-state index contributed by atoms with van der Waals surface area (Å²) in [5, 5.41) is 4.48. The lowest BCUT2D eigenvalue weighted by molar-refractivity contribution is 0.129. The lowest BCUT2D eigenvalue weighted by Gasteiger charge is -2.13. The lowest BCUT2D eigenvalue weighted by Crippen LogP contribution is -2.16. The molecule has 0 aromatic heterocycles. The van der Waals surface area contributed by atoms with Crippen LogP contribution in [0.25, 0.3) is 0 Å².